The average Bonchev–Trinajstić information content (AvgIpc) is 2.78. The van der Waals surface area contributed by atoms with Crippen molar-refractivity contribution in [2.45, 2.75) is 59.7 Å². The number of halogens is 2. The van der Waals surface area contributed by atoms with Crippen LogP contribution in [0.1, 0.15) is 43.9 Å². The van der Waals surface area contributed by atoms with Crippen molar-refractivity contribution in [1.29, 1.82) is 0 Å². The molecule has 0 radical (unpaired) electrons. The molecule has 0 bridgehead atoms. The van der Waals surface area contributed by atoms with Gasteiger partial charge in [0.2, 0.25) is 21.8 Å². The molecule has 2 amide bonds. The zero-order valence-corrected chi connectivity index (χ0v) is 23.3. The molecule has 0 aliphatic heterocycles. The minimum absolute atomic E-state index is 0.0587. The summed E-state index contributed by atoms with van der Waals surface area (Å²) in [6.07, 6.45) is 1.77. The van der Waals surface area contributed by atoms with Gasteiger partial charge in [-0.2, -0.15) is 0 Å². The molecule has 192 valence electrons. The van der Waals surface area contributed by atoms with Crippen LogP contribution < -0.4 is 9.62 Å². The third-order valence-corrected chi connectivity index (χ3v) is 7.92. The summed E-state index contributed by atoms with van der Waals surface area (Å²) in [6, 6.07) is 9.26. The fraction of sp³-hybridized carbons (Fsp3) is 0.440. The molecule has 0 aromatic heterocycles. The topological polar surface area (TPSA) is 86.8 Å². The SMILES string of the molecule is CC[C@@H](C)NC(=O)[C@H](C)N(Cc1c(Cl)cccc1Cl)C(=O)CN(c1cccc(C)c1C)S(C)(=O)=O. The van der Waals surface area contributed by atoms with Crippen LogP contribution in [0.2, 0.25) is 10.0 Å². The molecule has 2 aromatic rings. The molecule has 0 aliphatic rings. The molecule has 1 N–H and O–H groups in total. The molecule has 0 heterocycles. The highest BCUT2D eigenvalue weighted by atomic mass is 35.5. The van der Waals surface area contributed by atoms with Gasteiger partial charge in [0.25, 0.3) is 0 Å². The fourth-order valence-corrected chi connectivity index (χ4v) is 4.92. The lowest BCUT2D eigenvalue weighted by atomic mass is 10.1. The molecule has 2 rings (SSSR count). The molecule has 0 saturated carbocycles. The molecule has 10 heteroatoms. The Kier molecular flexibility index (Phi) is 10.0. The second-order valence-electron chi connectivity index (χ2n) is 8.70. The summed E-state index contributed by atoms with van der Waals surface area (Å²) < 4.78 is 26.6. The number of carbonyl (C=O) groups is 2. The number of hydrogen-bond acceptors (Lipinski definition) is 4. The Morgan fingerprint density at radius 1 is 1.03 bits per heavy atom. The van der Waals surface area contributed by atoms with Crippen LogP contribution in [-0.4, -0.2) is 50.0 Å². The Hall–Kier alpha value is -2.29. The van der Waals surface area contributed by atoms with E-state index in [1.54, 1.807) is 44.2 Å². The van der Waals surface area contributed by atoms with Crippen molar-refractivity contribution >= 4 is 50.7 Å². The Balaban J connectivity index is 2.49. The summed E-state index contributed by atoms with van der Waals surface area (Å²) in [5.74, 6) is -0.910. The first-order chi connectivity index (χ1) is 16.3. The first-order valence-corrected chi connectivity index (χ1v) is 13.9. The summed E-state index contributed by atoms with van der Waals surface area (Å²) >= 11 is 12.7. The van der Waals surface area contributed by atoms with E-state index >= 15 is 0 Å². The minimum atomic E-state index is -3.81. The number of nitrogens with zero attached hydrogens (tertiary/aromatic N) is 2. The van der Waals surface area contributed by atoms with Crippen molar-refractivity contribution in [3.63, 3.8) is 0 Å². The van der Waals surface area contributed by atoms with E-state index in [0.29, 0.717) is 21.3 Å². The van der Waals surface area contributed by atoms with Gasteiger partial charge >= 0.3 is 0 Å². The number of rotatable bonds is 10. The van der Waals surface area contributed by atoms with E-state index in [1.165, 1.54) is 4.90 Å². The molecule has 0 fully saturated rings. The van der Waals surface area contributed by atoms with E-state index < -0.39 is 28.5 Å². The third kappa shape index (κ3) is 7.35. The van der Waals surface area contributed by atoms with Crippen molar-refractivity contribution in [3.05, 3.63) is 63.1 Å². The van der Waals surface area contributed by atoms with Crippen LogP contribution in [0.5, 0.6) is 0 Å². The molecule has 0 unspecified atom stereocenters. The lowest BCUT2D eigenvalue weighted by Crippen LogP contribution is -2.52. The van der Waals surface area contributed by atoms with E-state index in [-0.39, 0.29) is 18.5 Å². The van der Waals surface area contributed by atoms with Gasteiger partial charge in [-0.05, 0) is 63.4 Å². The molecular weight excluding hydrogens is 509 g/mol. The minimum Gasteiger partial charge on any atom is -0.352 e. The predicted molar refractivity (Wildman–Crippen MR) is 142 cm³/mol. The van der Waals surface area contributed by atoms with Crippen molar-refractivity contribution in [1.82, 2.24) is 10.2 Å². The molecule has 35 heavy (non-hydrogen) atoms. The summed E-state index contributed by atoms with van der Waals surface area (Å²) in [5.41, 5.74) is 2.52. The Labute approximate surface area is 218 Å². The second kappa shape index (κ2) is 12.1. The molecule has 2 atom stereocenters. The maximum Gasteiger partial charge on any atom is 0.244 e. The normalized spacial score (nSPS) is 13.1. The van der Waals surface area contributed by atoms with E-state index in [9.17, 15) is 18.0 Å². The van der Waals surface area contributed by atoms with Crippen LogP contribution in [0.15, 0.2) is 36.4 Å². The van der Waals surface area contributed by atoms with Crippen LogP contribution in [0.3, 0.4) is 0 Å². The van der Waals surface area contributed by atoms with Crippen molar-refractivity contribution in [2.75, 3.05) is 17.1 Å². The number of amides is 2. The number of carbonyl (C=O) groups excluding carboxylic acids is 2. The van der Waals surface area contributed by atoms with E-state index in [4.69, 9.17) is 23.2 Å². The summed E-state index contributed by atoms with van der Waals surface area (Å²) in [6.45, 7) is 8.54. The summed E-state index contributed by atoms with van der Waals surface area (Å²) in [4.78, 5) is 27.9. The first-order valence-electron chi connectivity index (χ1n) is 11.3. The Bertz CT molecular complexity index is 1170. The van der Waals surface area contributed by atoms with Gasteiger partial charge in [0.1, 0.15) is 12.6 Å². The fourth-order valence-electron chi connectivity index (χ4n) is 3.50. The van der Waals surface area contributed by atoms with Gasteiger partial charge in [-0.15, -0.1) is 0 Å². The third-order valence-electron chi connectivity index (χ3n) is 6.08. The highest BCUT2D eigenvalue weighted by Gasteiger charge is 2.31. The number of nitrogens with one attached hydrogen (secondary N) is 1. The van der Waals surface area contributed by atoms with Gasteiger partial charge in [-0.25, -0.2) is 8.42 Å². The number of hydrogen-bond donors (Lipinski definition) is 1. The average molecular weight is 543 g/mol. The van der Waals surface area contributed by atoms with Crippen LogP contribution in [0.25, 0.3) is 0 Å². The zero-order chi connectivity index (χ0) is 26.5. The maximum atomic E-state index is 13.7. The molecule has 2 aromatic carbocycles. The van der Waals surface area contributed by atoms with Crippen LogP contribution in [0, 0.1) is 13.8 Å². The lowest BCUT2D eigenvalue weighted by Gasteiger charge is -2.33. The second-order valence-corrected chi connectivity index (χ2v) is 11.4. The van der Waals surface area contributed by atoms with Crippen LogP contribution >= 0.6 is 23.2 Å². The Morgan fingerprint density at radius 3 is 2.14 bits per heavy atom. The monoisotopic (exact) mass is 541 g/mol. The smallest absolute Gasteiger partial charge is 0.244 e. The largest absolute Gasteiger partial charge is 0.352 e. The van der Waals surface area contributed by atoms with E-state index in [1.807, 2.05) is 26.8 Å². The van der Waals surface area contributed by atoms with Crippen molar-refractivity contribution in [2.24, 2.45) is 0 Å². The number of sulfonamides is 1. The van der Waals surface area contributed by atoms with Crippen LogP contribution in [-0.2, 0) is 26.2 Å². The predicted octanol–water partition coefficient (Wildman–Crippen LogP) is 4.71. The first kappa shape index (κ1) is 28.9. The highest BCUT2D eigenvalue weighted by Crippen LogP contribution is 2.28. The van der Waals surface area contributed by atoms with Gasteiger partial charge in [0, 0.05) is 28.2 Å². The van der Waals surface area contributed by atoms with Gasteiger partial charge in [-0.1, -0.05) is 48.3 Å². The van der Waals surface area contributed by atoms with E-state index in [2.05, 4.69) is 5.32 Å². The van der Waals surface area contributed by atoms with Crippen molar-refractivity contribution in [3.8, 4) is 0 Å². The zero-order valence-electron chi connectivity index (χ0n) is 20.9. The number of anilines is 1. The highest BCUT2D eigenvalue weighted by molar-refractivity contribution is 7.92. The summed E-state index contributed by atoms with van der Waals surface area (Å²) in [5, 5.41) is 3.57. The lowest BCUT2D eigenvalue weighted by molar-refractivity contribution is -0.139. The molecule has 0 spiro atoms. The molecular formula is C25H33Cl2N3O4S. The van der Waals surface area contributed by atoms with Crippen molar-refractivity contribution < 1.29 is 18.0 Å². The van der Waals surface area contributed by atoms with Gasteiger partial charge in [0.05, 0.1) is 11.9 Å². The Morgan fingerprint density at radius 2 is 1.60 bits per heavy atom. The maximum absolute atomic E-state index is 13.7. The standard InChI is InChI=1S/C25H33Cl2N3O4S/c1-7-17(3)28-25(32)19(5)29(14-20-21(26)11-9-12-22(20)27)24(31)15-30(35(6,33)34)23-13-8-10-16(2)18(23)4/h8-13,17,19H,7,14-15H2,1-6H3,(H,28,32)/t17-,19+/m1/s1. The van der Waals surface area contributed by atoms with Gasteiger partial charge in [0.15, 0.2) is 0 Å². The van der Waals surface area contributed by atoms with Gasteiger partial charge in [-0.3, -0.25) is 13.9 Å². The van der Waals surface area contributed by atoms with Gasteiger partial charge < -0.3 is 10.2 Å². The molecule has 0 aliphatic carbocycles. The molecule has 0 saturated heterocycles. The van der Waals surface area contributed by atoms with Crippen LogP contribution in [0.4, 0.5) is 5.69 Å². The quantitative estimate of drug-likeness (QED) is 0.471. The summed E-state index contributed by atoms with van der Waals surface area (Å²) in [7, 11) is -3.81. The van der Waals surface area contributed by atoms with E-state index in [0.717, 1.165) is 28.1 Å². The molecule has 7 nitrogen and oxygen atoms in total. The number of aryl methyl sites for hydroxylation is 1. The number of benzene rings is 2.